The Bertz CT molecular complexity index is 752. The van der Waals surface area contributed by atoms with Crippen LogP contribution >= 0.6 is 0 Å². The van der Waals surface area contributed by atoms with Crippen LogP contribution in [0.15, 0.2) is 42.6 Å². The third kappa shape index (κ3) is 4.44. The quantitative estimate of drug-likeness (QED) is 0.783. The van der Waals surface area contributed by atoms with Gasteiger partial charge in [-0.3, -0.25) is 4.90 Å². The molecule has 1 spiro atoms. The van der Waals surface area contributed by atoms with Gasteiger partial charge < -0.3 is 4.90 Å². The average Bonchev–Trinajstić information content (AvgIpc) is 2.76. The van der Waals surface area contributed by atoms with Crippen LogP contribution in [0, 0.1) is 5.41 Å². The summed E-state index contributed by atoms with van der Waals surface area (Å²) in [6.07, 6.45) is 6.77. The highest BCUT2D eigenvalue weighted by Gasteiger charge is 2.41. The van der Waals surface area contributed by atoms with E-state index in [1.165, 1.54) is 56.7 Å². The van der Waals surface area contributed by atoms with Crippen molar-refractivity contribution in [2.75, 3.05) is 32.7 Å². The lowest BCUT2D eigenvalue weighted by molar-refractivity contribution is 0.0134. The molecule has 4 rings (SSSR count). The summed E-state index contributed by atoms with van der Waals surface area (Å²) in [6.45, 7) is 11.4. The fourth-order valence-electron chi connectivity index (χ4n) is 5.17. The molecule has 0 unspecified atom stereocenters. The average molecular weight is 379 g/mol. The number of piperidine rings is 2. The minimum atomic E-state index is 0.478. The Hall–Kier alpha value is -1.78. The Labute approximate surface area is 170 Å². The first kappa shape index (κ1) is 19.5. The van der Waals surface area contributed by atoms with Crippen LogP contribution in [0.5, 0.6) is 0 Å². The fourth-order valence-corrected chi connectivity index (χ4v) is 5.17. The fraction of sp³-hybridized carbons (Fsp3) is 0.583. The van der Waals surface area contributed by atoms with Gasteiger partial charge in [0.2, 0.25) is 0 Å². The van der Waals surface area contributed by atoms with Gasteiger partial charge in [0.1, 0.15) is 5.82 Å². The summed E-state index contributed by atoms with van der Waals surface area (Å²) in [7, 11) is 0. The first-order valence-electron chi connectivity index (χ1n) is 11.0. The zero-order valence-corrected chi connectivity index (χ0v) is 17.5. The molecule has 2 aromatic rings. The lowest BCUT2D eigenvalue weighted by Gasteiger charge is -2.50. The number of likely N-dealkylation sites (tertiary alicyclic amines) is 2. The Balaban J connectivity index is 1.41. The number of rotatable bonds is 5. The number of likely N-dealkylation sites (N-methyl/N-ethyl adjacent to an activating group) is 1. The Morgan fingerprint density at radius 3 is 2.54 bits per heavy atom. The lowest BCUT2D eigenvalue weighted by Crippen LogP contribution is -2.51. The highest BCUT2D eigenvalue weighted by molar-refractivity contribution is 5.21. The van der Waals surface area contributed by atoms with Gasteiger partial charge in [0.25, 0.3) is 0 Å². The van der Waals surface area contributed by atoms with Gasteiger partial charge in [0, 0.05) is 32.3 Å². The Morgan fingerprint density at radius 2 is 1.82 bits per heavy atom. The molecule has 3 heterocycles. The normalized spacial score (nSPS) is 23.1. The number of aromatic nitrogens is 2. The van der Waals surface area contributed by atoms with E-state index in [-0.39, 0.29) is 0 Å². The van der Waals surface area contributed by atoms with Crippen LogP contribution in [0.1, 0.15) is 56.1 Å². The van der Waals surface area contributed by atoms with Gasteiger partial charge in [0.05, 0.1) is 5.69 Å². The van der Waals surface area contributed by atoms with E-state index in [1.807, 2.05) is 6.20 Å². The van der Waals surface area contributed by atoms with Gasteiger partial charge >= 0.3 is 0 Å². The molecule has 1 aromatic carbocycles. The van der Waals surface area contributed by atoms with Gasteiger partial charge in [-0.15, -0.1) is 0 Å². The summed E-state index contributed by atoms with van der Waals surface area (Å²) >= 11 is 0. The molecule has 0 saturated carbocycles. The molecule has 1 aromatic heterocycles. The van der Waals surface area contributed by atoms with Crippen molar-refractivity contribution >= 4 is 0 Å². The van der Waals surface area contributed by atoms with Crippen LogP contribution in [0.3, 0.4) is 0 Å². The van der Waals surface area contributed by atoms with Gasteiger partial charge in [-0.25, -0.2) is 9.97 Å². The predicted octanol–water partition coefficient (Wildman–Crippen LogP) is 4.13. The topological polar surface area (TPSA) is 32.3 Å². The zero-order valence-electron chi connectivity index (χ0n) is 17.5. The summed E-state index contributed by atoms with van der Waals surface area (Å²) in [5, 5.41) is 0. The Morgan fingerprint density at radius 1 is 1.04 bits per heavy atom. The maximum atomic E-state index is 4.71. The minimum Gasteiger partial charge on any atom is -0.302 e. The summed E-state index contributed by atoms with van der Waals surface area (Å²) in [5.41, 5.74) is 3.17. The molecule has 1 atom stereocenters. The third-order valence-corrected chi connectivity index (χ3v) is 6.82. The highest BCUT2D eigenvalue weighted by atomic mass is 15.2. The molecule has 2 aliphatic heterocycles. The smallest absolute Gasteiger partial charge is 0.128 e. The lowest BCUT2D eigenvalue weighted by atomic mass is 9.68. The SMILES string of the molecule is CCc1nccc(CN2CCC3(CC2)C[C@@H](c2ccccc2)CN(CC)C3)n1. The van der Waals surface area contributed by atoms with Crippen molar-refractivity contribution in [2.24, 2.45) is 5.41 Å². The van der Waals surface area contributed by atoms with E-state index in [0.29, 0.717) is 11.3 Å². The largest absolute Gasteiger partial charge is 0.302 e. The number of nitrogens with zero attached hydrogens (tertiary/aromatic N) is 4. The monoisotopic (exact) mass is 378 g/mol. The van der Waals surface area contributed by atoms with Gasteiger partial charge in [-0.2, -0.15) is 0 Å². The summed E-state index contributed by atoms with van der Waals surface area (Å²) in [5.74, 6) is 1.64. The highest BCUT2D eigenvalue weighted by Crippen LogP contribution is 2.45. The molecule has 2 fully saturated rings. The molecule has 0 aliphatic carbocycles. The van der Waals surface area contributed by atoms with Crippen LogP contribution in [0.25, 0.3) is 0 Å². The van der Waals surface area contributed by atoms with E-state index in [9.17, 15) is 0 Å². The molecule has 4 nitrogen and oxygen atoms in total. The van der Waals surface area contributed by atoms with Crippen molar-refractivity contribution in [3.05, 3.63) is 59.7 Å². The first-order chi connectivity index (χ1) is 13.7. The molecular formula is C24H34N4. The number of benzene rings is 1. The van der Waals surface area contributed by atoms with Gasteiger partial charge in [-0.1, -0.05) is 44.2 Å². The molecule has 0 radical (unpaired) electrons. The van der Waals surface area contributed by atoms with Crippen molar-refractivity contribution in [1.82, 2.24) is 19.8 Å². The van der Waals surface area contributed by atoms with E-state index in [2.05, 4.69) is 65.0 Å². The first-order valence-corrected chi connectivity index (χ1v) is 11.0. The molecule has 4 heteroatoms. The van der Waals surface area contributed by atoms with Crippen LogP contribution in [-0.2, 0) is 13.0 Å². The Kier molecular flexibility index (Phi) is 6.07. The van der Waals surface area contributed by atoms with Crippen molar-refractivity contribution in [3.63, 3.8) is 0 Å². The zero-order chi connectivity index (χ0) is 19.4. The second kappa shape index (κ2) is 8.71. The molecule has 0 N–H and O–H groups in total. The van der Waals surface area contributed by atoms with Gasteiger partial charge in [0.15, 0.2) is 0 Å². The predicted molar refractivity (Wildman–Crippen MR) is 114 cm³/mol. The summed E-state index contributed by atoms with van der Waals surface area (Å²) in [4.78, 5) is 14.3. The number of aryl methyl sites for hydroxylation is 1. The minimum absolute atomic E-state index is 0.478. The van der Waals surface area contributed by atoms with E-state index in [0.717, 1.165) is 25.3 Å². The van der Waals surface area contributed by atoms with Crippen molar-refractivity contribution in [2.45, 2.75) is 52.0 Å². The van der Waals surface area contributed by atoms with Crippen LogP contribution in [-0.4, -0.2) is 52.5 Å². The summed E-state index contributed by atoms with van der Waals surface area (Å²) < 4.78 is 0. The third-order valence-electron chi connectivity index (χ3n) is 6.82. The molecule has 2 aliphatic rings. The number of hydrogen-bond acceptors (Lipinski definition) is 4. The molecule has 0 bridgehead atoms. The standard InChI is InChI=1S/C24H34N4/c1-3-23-25-13-10-22(26-23)18-28-14-11-24(12-15-28)16-21(17-27(4-2)19-24)20-8-6-5-7-9-20/h5-10,13,21H,3-4,11-12,14-19H2,1-2H3/t21-/m1/s1. The van der Waals surface area contributed by atoms with E-state index in [4.69, 9.17) is 4.98 Å². The molecular weight excluding hydrogens is 344 g/mol. The van der Waals surface area contributed by atoms with E-state index < -0.39 is 0 Å². The summed E-state index contributed by atoms with van der Waals surface area (Å²) in [6, 6.07) is 13.3. The maximum Gasteiger partial charge on any atom is 0.128 e. The second-order valence-electron chi connectivity index (χ2n) is 8.73. The molecule has 0 amide bonds. The molecule has 28 heavy (non-hydrogen) atoms. The van der Waals surface area contributed by atoms with Crippen molar-refractivity contribution in [3.8, 4) is 0 Å². The molecule has 2 saturated heterocycles. The van der Waals surface area contributed by atoms with Gasteiger partial charge in [-0.05, 0) is 61.9 Å². The van der Waals surface area contributed by atoms with Crippen LogP contribution in [0.4, 0.5) is 0 Å². The van der Waals surface area contributed by atoms with Crippen LogP contribution in [0.2, 0.25) is 0 Å². The number of hydrogen-bond donors (Lipinski definition) is 0. The second-order valence-corrected chi connectivity index (χ2v) is 8.73. The van der Waals surface area contributed by atoms with Crippen LogP contribution < -0.4 is 0 Å². The molecule has 150 valence electrons. The van der Waals surface area contributed by atoms with Crippen molar-refractivity contribution < 1.29 is 0 Å². The van der Waals surface area contributed by atoms with Crippen molar-refractivity contribution in [1.29, 1.82) is 0 Å². The van der Waals surface area contributed by atoms with E-state index >= 15 is 0 Å². The van der Waals surface area contributed by atoms with E-state index in [1.54, 1.807) is 0 Å². The maximum absolute atomic E-state index is 4.71.